The molecule has 1 aromatic carbocycles. The molecule has 0 saturated carbocycles. The molecule has 1 unspecified atom stereocenters. The van der Waals surface area contributed by atoms with E-state index < -0.39 is 38.8 Å². The van der Waals surface area contributed by atoms with Crippen LogP contribution >= 0.6 is 0 Å². The molecule has 1 aliphatic rings. The van der Waals surface area contributed by atoms with Crippen LogP contribution in [0.4, 0.5) is 18.9 Å². The fourth-order valence-electron chi connectivity index (χ4n) is 4.08. The predicted molar refractivity (Wildman–Crippen MR) is 131 cm³/mol. The first-order valence-electron chi connectivity index (χ1n) is 12.2. The van der Waals surface area contributed by atoms with Crippen molar-refractivity contribution in [3.05, 3.63) is 29.3 Å². The van der Waals surface area contributed by atoms with Crippen LogP contribution in [0.2, 0.25) is 0 Å². The van der Waals surface area contributed by atoms with Gasteiger partial charge < -0.3 is 15.3 Å². The second-order valence-corrected chi connectivity index (χ2v) is 11.5. The van der Waals surface area contributed by atoms with Gasteiger partial charge in [-0.25, -0.2) is 8.42 Å². The average Bonchev–Trinajstić information content (AvgIpc) is 2.83. The molecule has 36 heavy (non-hydrogen) atoms. The minimum absolute atomic E-state index is 0.121. The first-order chi connectivity index (χ1) is 16.8. The van der Waals surface area contributed by atoms with E-state index in [9.17, 15) is 31.5 Å². The number of carbonyl (C=O) groups excluding carboxylic acids is 1. The molecular formula is C24H35F3N4O4S. The van der Waals surface area contributed by atoms with Crippen LogP contribution in [0.5, 0.6) is 0 Å². The second-order valence-electron chi connectivity index (χ2n) is 9.26. The van der Waals surface area contributed by atoms with Crippen molar-refractivity contribution in [2.75, 3.05) is 43.8 Å². The van der Waals surface area contributed by atoms with Crippen LogP contribution in [-0.2, 0) is 21.0 Å². The van der Waals surface area contributed by atoms with Crippen molar-refractivity contribution in [2.45, 2.75) is 64.1 Å². The summed E-state index contributed by atoms with van der Waals surface area (Å²) in [5.74, 6) is -0.680. The van der Waals surface area contributed by atoms with E-state index in [1.165, 1.54) is 19.1 Å². The van der Waals surface area contributed by atoms with Gasteiger partial charge in [0.25, 0.3) is 5.91 Å². The number of halogens is 3. The summed E-state index contributed by atoms with van der Waals surface area (Å²) in [6.07, 6.45) is -0.360. The molecule has 1 heterocycles. The Morgan fingerprint density at radius 2 is 1.72 bits per heavy atom. The number of hydrogen-bond acceptors (Lipinski definition) is 6. The first kappa shape index (κ1) is 30.0. The molecule has 1 aromatic rings. The Hall–Kier alpha value is -2.20. The third-order valence-electron chi connectivity index (χ3n) is 6.42. The number of nitriles is 1. The Balaban J connectivity index is 1.68. The number of piperazine rings is 1. The summed E-state index contributed by atoms with van der Waals surface area (Å²) in [4.78, 5) is 14.7. The maximum Gasteiger partial charge on any atom is 0.417 e. The fourth-order valence-corrected chi connectivity index (χ4v) is 5.17. The highest BCUT2D eigenvalue weighted by molar-refractivity contribution is 7.89. The normalized spacial score (nSPS) is 17.4. The largest absolute Gasteiger partial charge is 0.417 e. The van der Waals surface area contributed by atoms with Crippen LogP contribution in [-0.4, -0.2) is 72.7 Å². The van der Waals surface area contributed by atoms with E-state index in [1.807, 2.05) is 0 Å². The fraction of sp³-hybridized carbons (Fsp3) is 0.667. The number of amides is 1. The molecule has 0 radical (unpaired) electrons. The summed E-state index contributed by atoms with van der Waals surface area (Å²) in [6.45, 7) is 6.36. The number of nitrogens with zero attached hydrogens (tertiary/aromatic N) is 3. The van der Waals surface area contributed by atoms with Gasteiger partial charge in [-0.1, -0.05) is 25.7 Å². The molecule has 2 rings (SSSR count). The highest BCUT2D eigenvalue weighted by Crippen LogP contribution is 2.33. The number of unbranched alkanes of at least 4 members (excludes halogenated alkanes) is 4. The van der Waals surface area contributed by atoms with Gasteiger partial charge in [-0.3, -0.25) is 4.79 Å². The molecule has 12 heteroatoms. The van der Waals surface area contributed by atoms with Crippen molar-refractivity contribution in [3.63, 3.8) is 0 Å². The molecule has 0 bridgehead atoms. The maximum atomic E-state index is 13.1. The number of alkyl halides is 3. The molecule has 2 N–H and O–H groups in total. The van der Waals surface area contributed by atoms with E-state index in [0.29, 0.717) is 25.6 Å². The quantitative estimate of drug-likeness (QED) is 0.398. The lowest BCUT2D eigenvalue weighted by molar-refractivity contribution is -0.138. The summed E-state index contributed by atoms with van der Waals surface area (Å²) in [5, 5.41) is 21.7. The Morgan fingerprint density at radius 3 is 2.31 bits per heavy atom. The number of benzene rings is 1. The zero-order chi connectivity index (χ0) is 27.0. The van der Waals surface area contributed by atoms with E-state index in [2.05, 4.69) is 10.2 Å². The Labute approximate surface area is 211 Å². The van der Waals surface area contributed by atoms with E-state index in [4.69, 9.17) is 5.26 Å². The third kappa shape index (κ3) is 8.73. The van der Waals surface area contributed by atoms with Crippen molar-refractivity contribution in [1.29, 1.82) is 5.26 Å². The number of hydrogen-bond donors (Lipinski definition) is 2. The van der Waals surface area contributed by atoms with Crippen molar-refractivity contribution in [3.8, 4) is 6.07 Å². The topological polar surface area (TPSA) is 114 Å². The highest BCUT2D eigenvalue weighted by atomic mass is 32.2. The summed E-state index contributed by atoms with van der Waals surface area (Å²) in [5.41, 5.74) is -3.57. The Bertz CT molecular complexity index is 1030. The van der Waals surface area contributed by atoms with E-state index in [1.54, 1.807) is 11.2 Å². The Morgan fingerprint density at radius 1 is 1.11 bits per heavy atom. The molecule has 0 aliphatic carbocycles. The average molecular weight is 533 g/mol. The van der Waals surface area contributed by atoms with Crippen molar-refractivity contribution in [1.82, 2.24) is 9.21 Å². The number of carbonyl (C=O) groups is 1. The van der Waals surface area contributed by atoms with Crippen molar-refractivity contribution in [2.24, 2.45) is 0 Å². The predicted octanol–water partition coefficient (Wildman–Crippen LogP) is 3.57. The van der Waals surface area contributed by atoms with Crippen molar-refractivity contribution >= 4 is 21.6 Å². The summed E-state index contributed by atoms with van der Waals surface area (Å²) in [6, 6.07) is 4.36. The zero-order valence-electron chi connectivity index (χ0n) is 20.8. The number of anilines is 1. The van der Waals surface area contributed by atoms with Gasteiger partial charge in [-0.15, -0.1) is 0 Å². The van der Waals surface area contributed by atoms with E-state index >= 15 is 0 Å². The molecule has 0 aromatic heterocycles. The molecule has 0 spiro atoms. The van der Waals surface area contributed by atoms with Crippen LogP contribution in [0.15, 0.2) is 18.2 Å². The second kappa shape index (κ2) is 12.9. The molecule has 202 valence electrons. The summed E-state index contributed by atoms with van der Waals surface area (Å²) >= 11 is 0. The van der Waals surface area contributed by atoms with Gasteiger partial charge in [0.15, 0.2) is 0 Å². The van der Waals surface area contributed by atoms with E-state index in [0.717, 1.165) is 51.4 Å². The number of rotatable bonds is 12. The number of aliphatic hydroxyl groups is 1. The molecular weight excluding hydrogens is 497 g/mol. The SMILES string of the molecule is CCS(=O)(=O)N1CCN(CCCCCCCC(C)(O)C(=O)Nc2ccc(C#N)c(C(F)(F)F)c2)CC1. The maximum absolute atomic E-state index is 13.1. The van der Waals surface area contributed by atoms with Crippen LogP contribution in [0.3, 0.4) is 0 Å². The van der Waals surface area contributed by atoms with Gasteiger partial charge in [0.1, 0.15) is 5.60 Å². The summed E-state index contributed by atoms with van der Waals surface area (Å²) < 4.78 is 64.7. The highest BCUT2D eigenvalue weighted by Gasteiger charge is 2.35. The minimum Gasteiger partial charge on any atom is -0.380 e. The van der Waals surface area contributed by atoms with Crippen LogP contribution in [0, 0.1) is 11.3 Å². The molecule has 1 saturated heterocycles. The van der Waals surface area contributed by atoms with Crippen LogP contribution < -0.4 is 5.32 Å². The molecule has 1 fully saturated rings. The van der Waals surface area contributed by atoms with Gasteiger partial charge in [0.05, 0.1) is 22.9 Å². The molecule has 1 aliphatic heterocycles. The van der Waals surface area contributed by atoms with Crippen LogP contribution in [0.1, 0.15) is 63.5 Å². The smallest absolute Gasteiger partial charge is 0.380 e. The number of nitrogens with one attached hydrogen (secondary N) is 1. The molecule has 1 atom stereocenters. The van der Waals surface area contributed by atoms with Crippen LogP contribution in [0.25, 0.3) is 0 Å². The number of sulfonamides is 1. The summed E-state index contributed by atoms with van der Waals surface area (Å²) in [7, 11) is -3.13. The van der Waals surface area contributed by atoms with Gasteiger partial charge in [0.2, 0.25) is 10.0 Å². The standard InChI is InChI=1S/C24H35F3N4O4S/c1-3-36(34,35)31-15-13-30(14-16-31)12-8-6-4-5-7-11-23(2,33)22(32)29-20-10-9-19(18-28)21(17-20)24(25,26)27/h9-10,17,33H,3-8,11-16H2,1-2H3,(H,29,32). The van der Waals surface area contributed by atoms with Gasteiger partial charge in [-0.2, -0.15) is 22.7 Å². The minimum atomic E-state index is -4.74. The van der Waals surface area contributed by atoms with E-state index in [-0.39, 0.29) is 17.9 Å². The first-order valence-corrected chi connectivity index (χ1v) is 13.8. The molecule has 8 nitrogen and oxygen atoms in total. The lowest BCUT2D eigenvalue weighted by Gasteiger charge is -2.33. The monoisotopic (exact) mass is 532 g/mol. The third-order valence-corrected chi connectivity index (χ3v) is 8.30. The van der Waals surface area contributed by atoms with Gasteiger partial charge in [0, 0.05) is 31.9 Å². The van der Waals surface area contributed by atoms with Crippen molar-refractivity contribution < 1.29 is 31.5 Å². The zero-order valence-corrected chi connectivity index (χ0v) is 21.6. The lowest BCUT2D eigenvalue weighted by atomic mass is 9.96. The van der Waals surface area contributed by atoms with Gasteiger partial charge >= 0.3 is 6.18 Å². The Kier molecular flexibility index (Phi) is 10.7. The molecule has 1 amide bonds. The van der Waals surface area contributed by atoms with Gasteiger partial charge in [-0.05, 0) is 51.4 Å². The lowest BCUT2D eigenvalue weighted by Crippen LogP contribution is -2.49.